The molecular formula is C19H21N3O4. The summed E-state index contributed by atoms with van der Waals surface area (Å²) >= 11 is 0. The fourth-order valence-electron chi connectivity index (χ4n) is 2.30. The molecule has 0 radical (unpaired) electrons. The number of para-hydroxylation sites is 1. The predicted octanol–water partition coefficient (Wildman–Crippen LogP) is 2.01. The van der Waals surface area contributed by atoms with Crippen molar-refractivity contribution in [1.29, 1.82) is 0 Å². The van der Waals surface area contributed by atoms with Crippen molar-refractivity contribution in [2.45, 2.75) is 25.4 Å². The van der Waals surface area contributed by atoms with Gasteiger partial charge in [-0.3, -0.25) is 4.79 Å². The summed E-state index contributed by atoms with van der Waals surface area (Å²) in [7, 11) is 0. The highest BCUT2D eigenvalue weighted by molar-refractivity contribution is 5.94. The van der Waals surface area contributed by atoms with E-state index in [1.54, 1.807) is 48.5 Å². The summed E-state index contributed by atoms with van der Waals surface area (Å²) in [5.41, 5.74) is 1.38. The number of carboxylic acids is 1. The summed E-state index contributed by atoms with van der Waals surface area (Å²) in [6.07, 6.45) is 0.158. The number of nitrogens with one attached hydrogen (secondary N) is 3. The van der Waals surface area contributed by atoms with E-state index in [-0.39, 0.29) is 6.42 Å². The van der Waals surface area contributed by atoms with Crippen LogP contribution in [0.3, 0.4) is 0 Å². The van der Waals surface area contributed by atoms with Gasteiger partial charge in [-0.15, -0.1) is 0 Å². The maximum Gasteiger partial charge on any atom is 0.326 e. The minimum Gasteiger partial charge on any atom is -0.480 e. The van der Waals surface area contributed by atoms with Crippen molar-refractivity contribution in [3.05, 3.63) is 66.2 Å². The van der Waals surface area contributed by atoms with Crippen molar-refractivity contribution in [2.75, 3.05) is 5.32 Å². The Morgan fingerprint density at radius 2 is 1.50 bits per heavy atom. The van der Waals surface area contributed by atoms with Crippen LogP contribution in [-0.2, 0) is 16.0 Å². The highest BCUT2D eigenvalue weighted by Crippen LogP contribution is 2.05. The fraction of sp³-hybridized carbons (Fsp3) is 0.211. The number of hydrogen-bond donors (Lipinski definition) is 4. The first-order valence-electron chi connectivity index (χ1n) is 8.15. The summed E-state index contributed by atoms with van der Waals surface area (Å²) < 4.78 is 0. The van der Waals surface area contributed by atoms with Gasteiger partial charge in [-0.2, -0.15) is 0 Å². The molecule has 0 heterocycles. The smallest absolute Gasteiger partial charge is 0.326 e. The molecule has 2 rings (SSSR count). The lowest BCUT2D eigenvalue weighted by Crippen LogP contribution is -2.51. The van der Waals surface area contributed by atoms with E-state index >= 15 is 0 Å². The van der Waals surface area contributed by atoms with Crippen LogP contribution in [0.25, 0.3) is 0 Å². The van der Waals surface area contributed by atoms with Crippen LogP contribution in [0.1, 0.15) is 12.5 Å². The van der Waals surface area contributed by atoms with Gasteiger partial charge in [0.2, 0.25) is 5.91 Å². The molecule has 7 nitrogen and oxygen atoms in total. The maximum atomic E-state index is 12.2. The molecule has 0 aliphatic carbocycles. The lowest BCUT2D eigenvalue weighted by molar-refractivity contribution is -0.142. The number of carbonyl (C=O) groups is 3. The normalized spacial score (nSPS) is 12.5. The van der Waals surface area contributed by atoms with Crippen LogP contribution in [0.2, 0.25) is 0 Å². The van der Waals surface area contributed by atoms with Gasteiger partial charge < -0.3 is 21.1 Å². The largest absolute Gasteiger partial charge is 0.480 e. The summed E-state index contributed by atoms with van der Waals surface area (Å²) in [6.45, 7) is 1.49. The van der Waals surface area contributed by atoms with E-state index < -0.39 is 30.0 Å². The number of carbonyl (C=O) groups excluding carboxylic acids is 2. The van der Waals surface area contributed by atoms with Gasteiger partial charge in [-0.1, -0.05) is 48.5 Å². The Morgan fingerprint density at radius 3 is 2.08 bits per heavy atom. The number of anilines is 1. The third-order valence-corrected chi connectivity index (χ3v) is 3.67. The molecule has 0 aromatic heterocycles. The number of rotatable bonds is 7. The number of amides is 3. The molecule has 2 unspecified atom stereocenters. The fourth-order valence-corrected chi connectivity index (χ4v) is 2.30. The third-order valence-electron chi connectivity index (χ3n) is 3.67. The molecule has 0 saturated carbocycles. The molecule has 0 saturated heterocycles. The minimum atomic E-state index is -1.14. The lowest BCUT2D eigenvalue weighted by atomic mass is 10.1. The zero-order valence-electron chi connectivity index (χ0n) is 14.3. The Bertz CT molecular complexity index is 750. The average Bonchev–Trinajstić information content (AvgIpc) is 2.62. The van der Waals surface area contributed by atoms with E-state index in [4.69, 9.17) is 0 Å². The molecule has 0 spiro atoms. The monoisotopic (exact) mass is 355 g/mol. The van der Waals surface area contributed by atoms with Crippen LogP contribution >= 0.6 is 0 Å². The van der Waals surface area contributed by atoms with Gasteiger partial charge in [0.1, 0.15) is 12.1 Å². The van der Waals surface area contributed by atoms with Crippen molar-refractivity contribution < 1.29 is 19.5 Å². The first-order valence-corrected chi connectivity index (χ1v) is 8.15. The van der Waals surface area contributed by atoms with Gasteiger partial charge in [-0.25, -0.2) is 9.59 Å². The molecule has 2 aromatic carbocycles. The first-order chi connectivity index (χ1) is 12.5. The molecular weight excluding hydrogens is 334 g/mol. The van der Waals surface area contributed by atoms with Gasteiger partial charge in [0.15, 0.2) is 0 Å². The zero-order chi connectivity index (χ0) is 18.9. The topological polar surface area (TPSA) is 108 Å². The number of benzene rings is 2. The van der Waals surface area contributed by atoms with E-state index in [0.29, 0.717) is 5.69 Å². The number of carboxylic acid groups (broad SMARTS) is 1. The second kappa shape index (κ2) is 9.22. The quantitative estimate of drug-likeness (QED) is 0.609. The highest BCUT2D eigenvalue weighted by atomic mass is 16.4. The summed E-state index contributed by atoms with van der Waals surface area (Å²) in [5.74, 6) is -1.71. The van der Waals surface area contributed by atoms with Gasteiger partial charge in [-0.05, 0) is 24.6 Å². The zero-order valence-corrected chi connectivity index (χ0v) is 14.3. The van der Waals surface area contributed by atoms with Gasteiger partial charge in [0.25, 0.3) is 0 Å². The molecule has 3 amide bonds. The average molecular weight is 355 g/mol. The third kappa shape index (κ3) is 5.94. The molecule has 7 heteroatoms. The Labute approximate surface area is 151 Å². The van der Waals surface area contributed by atoms with Gasteiger partial charge in [0, 0.05) is 12.1 Å². The van der Waals surface area contributed by atoms with Crippen LogP contribution in [0.15, 0.2) is 60.7 Å². The van der Waals surface area contributed by atoms with Crippen molar-refractivity contribution in [3.8, 4) is 0 Å². The predicted molar refractivity (Wildman–Crippen MR) is 97.8 cm³/mol. The standard InChI is InChI=1S/C19H21N3O4/c1-13(20-19(26)21-15-10-6-3-7-11-15)17(23)22-16(18(24)25)12-14-8-4-2-5-9-14/h2-11,13,16H,12H2,1H3,(H,22,23)(H,24,25)(H2,20,21,26). The summed E-state index contributed by atoms with van der Waals surface area (Å²) in [6, 6.07) is 15.3. The van der Waals surface area contributed by atoms with Crippen LogP contribution < -0.4 is 16.0 Å². The maximum absolute atomic E-state index is 12.2. The van der Waals surface area contributed by atoms with E-state index in [1.165, 1.54) is 6.92 Å². The molecule has 0 fully saturated rings. The minimum absolute atomic E-state index is 0.158. The Balaban J connectivity index is 1.89. The Hall–Kier alpha value is -3.35. The van der Waals surface area contributed by atoms with Crippen molar-refractivity contribution in [2.24, 2.45) is 0 Å². The molecule has 0 bridgehead atoms. The molecule has 4 N–H and O–H groups in total. The second-order valence-corrected chi connectivity index (χ2v) is 5.78. The molecule has 136 valence electrons. The van der Waals surface area contributed by atoms with E-state index in [0.717, 1.165) is 5.56 Å². The Kier molecular flexibility index (Phi) is 6.73. The molecule has 26 heavy (non-hydrogen) atoms. The van der Waals surface area contributed by atoms with Crippen molar-refractivity contribution in [3.63, 3.8) is 0 Å². The summed E-state index contributed by atoms with van der Waals surface area (Å²) in [4.78, 5) is 35.5. The van der Waals surface area contributed by atoms with Crippen LogP contribution in [0.4, 0.5) is 10.5 Å². The lowest BCUT2D eigenvalue weighted by Gasteiger charge is -2.19. The summed E-state index contributed by atoms with van der Waals surface area (Å²) in [5, 5.41) is 16.9. The van der Waals surface area contributed by atoms with Crippen LogP contribution in [0.5, 0.6) is 0 Å². The Morgan fingerprint density at radius 1 is 0.923 bits per heavy atom. The first kappa shape index (κ1) is 19.0. The van der Waals surface area contributed by atoms with Crippen LogP contribution in [0, 0.1) is 0 Å². The molecule has 2 atom stereocenters. The van der Waals surface area contributed by atoms with E-state index in [9.17, 15) is 19.5 Å². The highest BCUT2D eigenvalue weighted by Gasteiger charge is 2.24. The molecule has 0 aliphatic heterocycles. The SMILES string of the molecule is CC(NC(=O)Nc1ccccc1)C(=O)NC(Cc1ccccc1)C(=O)O. The number of hydrogen-bond acceptors (Lipinski definition) is 3. The number of urea groups is 1. The van der Waals surface area contributed by atoms with E-state index in [1.807, 2.05) is 12.1 Å². The van der Waals surface area contributed by atoms with E-state index in [2.05, 4.69) is 16.0 Å². The molecule has 2 aromatic rings. The van der Waals surface area contributed by atoms with Crippen LogP contribution in [-0.4, -0.2) is 35.1 Å². The van der Waals surface area contributed by atoms with Gasteiger partial charge >= 0.3 is 12.0 Å². The van der Waals surface area contributed by atoms with Crippen molar-refractivity contribution in [1.82, 2.24) is 10.6 Å². The number of aliphatic carboxylic acids is 1. The molecule has 0 aliphatic rings. The van der Waals surface area contributed by atoms with Crippen molar-refractivity contribution >= 4 is 23.6 Å². The second-order valence-electron chi connectivity index (χ2n) is 5.78. The van der Waals surface area contributed by atoms with Gasteiger partial charge in [0.05, 0.1) is 0 Å².